The fourth-order valence-electron chi connectivity index (χ4n) is 2.03. The van der Waals surface area contributed by atoms with E-state index in [9.17, 15) is 0 Å². The largest absolute Gasteiger partial charge is 0.103 e. The lowest BCUT2D eigenvalue weighted by Gasteiger charge is -2.18. The summed E-state index contributed by atoms with van der Waals surface area (Å²) in [6, 6.07) is 10.9. The molecule has 0 nitrogen and oxygen atoms in total. The van der Waals surface area contributed by atoms with Gasteiger partial charge in [-0.1, -0.05) is 86.6 Å². The molecule has 0 spiro atoms. The van der Waals surface area contributed by atoms with Crippen molar-refractivity contribution >= 4 is 13.3 Å². The normalized spacial score (nSPS) is 12.2. The van der Waals surface area contributed by atoms with Gasteiger partial charge in [-0.3, -0.25) is 0 Å². The Labute approximate surface area is 108 Å². The molecule has 0 aliphatic carbocycles. The molecule has 0 bridgehead atoms. The van der Waals surface area contributed by atoms with E-state index in [1.54, 1.807) is 0 Å². The first kappa shape index (κ1) is 14.2. The lowest BCUT2D eigenvalue weighted by atomic mass is 10.2. The number of allylic oxidation sites excluding steroid dienone is 1. The van der Waals surface area contributed by atoms with E-state index in [2.05, 4.69) is 62.1 Å². The zero-order chi connectivity index (χ0) is 12.6. The summed E-state index contributed by atoms with van der Waals surface area (Å²) in [5.41, 5.74) is 2.49. The van der Waals surface area contributed by atoms with Crippen molar-refractivity contribution in [1.29, 1.82) is 0 Å². The van der Waals surface area contributed by atoms with Gasteiger partial charge in [-0.25, -0.2) is 0 Å². The summed E-state index contributed by atoms with van der Waals surface area (Å²) in [5, 5.41) is 1.53. The first-order valence-electron chi connectivity index (χ1n) is 6.90. The molecule has 0 aromatic heterocycles. The Kier molecular flexibility index (Phi) is 6.28. The Balaban J connectivity index is 2.41. The van der Waals surface area contributed by atoms with Gasteiger partial charge in [0.1, 0.15) is 8.07 Å². The van der Waals surface area contributed by atoms with Crippen LogP contribution in [-0.2, 0) is 0 Å². The first-order valence-corrected chi connectivity index (χ1v) is 9.98. The van der Waals surface area contributed by atoms with Crippen LogP contribution in [-0.4, -0.2) is 8.07 Å². The number of hydrogen-bond acceptors (Lipinski definition) is 0. The van der Waals surface area contributed by atoms with E-state index in [1.807, 2.05) is 0 Å². The molecule has 0 fully saturated rings. The van der Waals surface area contributed by atoms with Crippen molar-refractivity contribution in [2.24, 2.45) is 0 Å². The van der Waals surface area contributed by atoms with E-state index in [0.29, 0.717) is 0 Å². The van der Waals surface area contributed by atoms with Gasteiger partial charge in [0.05, 0.1) is 0 Å². The van der Waals surface area contributed by atoms with Gasteiger partial charge in [-0.15, -0.1) is 0 Å². The summed E-state index contributed by atoms with van der Waals surface area (Å²) in [5.74, 6) is 0. The van der Waals surface area contributed by atoms with E-state index in [0.717, 1.165) is 0 Å². The van der Waals surface area contributed by atoms with Crippen LogP contribution in [0.1, 0.15) is 39.0 Å². The van der Waals surface area contributed by atoms with E-state index in [-0.39, 0.29) is 0 Å². The number of hydrogen-bond donors (Lipinski definition) is 0. The van der Waals surface area contributed by atoms with Crippen molar-refractivity contribution in [2.75, 3.05) is 0 Å². The number of benzene rings is 1. The smallest absolute Gasteiger partial charge is 0.0943 e. The van der Waals surface area contributed by atoms with Crippen LogP contribution in [0.2, 0.25) is 13.1 Å². The lowest BCUT2D eigenvalue weighted by molar-refractivity contribution is 0.674. The molecule has 0 aliphatic heterocycles. The van der Waals surface area contributed by atoms with Crippen molar-refractivity contribution in [3.05, 3.63) is 42.1 Å². The highest BCUT2D eigenvalue weighted by Crippen LogP contribution is 2.08. The third-order valence-electron chi connectivity index (χ3n) is 3.28. The topological polar surface area (TPSA) is 0 Å². The van der Waals surface area contributed by atoms with Crippen molar-refractivity contribution in [3.63, 3.8) is 0 Å². The van der Waals surface area contributed by atoms with E-state index in [4.69, 9.17) is 0 Å². The van der Waals surface area contributed by atoms with Crippen molar-refractivity contribution < 1.29 is 0 Å². The maximum atomic E-state index is 2.49. The van der Waals surface area contributed by atoms with Crippen LogP contribution in [0.3, 0.4) is 0 Å². The lowest BCUT2D eigenvalue weighted by Crippen LogP contribution is -2.39. The fraction of sp³-hybridized carbons (Fsp3) is 0.500. The second-order valence-corrected chi connectivity index (χ2v) is 9.69. The average molecular weight is 246 g/mol. The predicted molar refractivity (Wildman–Crippen MR) is 81.5 cm³/mol. The molecule has 0 radical (unpaired) electrons. The molecule has 1 aromatic rings. The Bertz CT molecular complexity index is 325. The second kappa shape index (κ2) is 7.49. The zero-order valence-electron chi connectivity index (χ0n) is 11.6. The van der Waals surface area contributed by atoms with Gasteiger partial charge in [0.25, 0.3) is 0 Å². The fourth-order valence-corrected chi connectivity index (χ4v) is 4.03. The monoisotopic (exact) mass is 246 g/mol. The minimum Gasteiger partial charge on any atom is -0.0943 e. The quantitative estimate of drug-likeness (QED) is 0.484. The van der Waals surface area contributed by atoms with Crippen LogP contribution >= 0.6 is 0 Å². The van der Waals surface area contributed by atoms with Crippen molar-refractivity contribution in [2.45, 2.75) is 52.1 Å². The van der Waals surface area contributed by atoms with Crippen LogP contribution < -0.4 is 5.19 Å². The third kappa shape index (κ3) is 5.36. The molecule has 0 saturated carbocycles. The van der Waals surface area contributed by atoms with Gasteiger partial charge in [0.15, 0.2) is 0 Å². The SMILES string of the molecule is CCCCCC/C=C/[Si](C)(C)c1ccccc1. The number of rotatable bonds is 7. The minimum atomic E-state index is -1.33. The van der Waals surface area contributed by atoms with E-state index >= 15 is 0 Å². The summed E-state index contributed by atoms with van der Waals surface area (Å²) < 4.78 is 0. The maximum absolute atomic E-state index is 2.49. The van der Waals surface area contributed by atoms with Crippen LogP contribution in [0.5, 0.6) is 0 Å². The third-order valence-corrected chi connectivity index (χ3v) is 6.17. The van der Waals surface area contributed by atoms with Gasteiger partial charge >= 0.3 is 0 Å². The highest BCUT2D eigenvalue weighted by Gasteiger charge is 2.18. The summed E-state index contributed by atoms with van der Waals surface area (Å²) in [7, 11) is -1.33. The van der Waals surface area contributed by atoms with Crippen molar-refractivity contribution in [3.8, 4) is 0 Å². The van der Waals surface area contributed by atoms with Gasteiger partial charge in [-0.2, -0.15) is 0 Å². The Hall–Kier alpha value is -0.823. The van der Waals surface area contributed by atoms with Crippen LogP contribution in [0, 0.1) is 0 Å². The van der Waals surface area contributed by atoms with Crippen LogP contribution in [0.15, 0.2) is 42.1 Å². The molecule has 0 heterocycles. The molecule has 0 saturated heterocycles. The Morgan fingerprint density at radius 3 is 2.35 bits per heavy atom. The molecule has 1 rings (SSSR count). The van der Waals surface area contributed by atoms with E-state index in [1.165, 1.54) is 37.3 Å². The molecule has 1 heteroatoms. The summed E-state index contributed by atoms with van der Waals surface area (Å²) in [6.45, 7) is 7.11. The zero-order valence-corrected chi connectivity index (χ0v) is 12.6. The molecular weight excluding hydrogens is 220 g/mol. The standard InChI is InChI=1S/C16H26Si/c1-4-5-6-7-8-12-15-17(2,3)16-13-10-9-11-14-16/h9-15H,4-8H2,1-3H3/b15-12+. The van der Waals surface area contributed by atoms with E-state index < -0.39 is 8.07 Å². The Morgan fingerprint density at radius 1 is 1.00 bits per heavy atom. The second-order valence-electron chi connectivity index (χ2n) is 5.34. The molecule has 17 heavy (non-hydrogen) atoms. The molecule has 94 valence electrons. The molecule has 1 aromatic carbocycles. The van der Waals surface area contributed by atoms with Crippen LogP contribution in [0.25, 0.3) is 0 Å². The van der Waals surface area contributed by atoms with Gasteiger partial charge in [0, 0.05) is 0 Å². The van der Waals surface area contributed by atoms with Gasteiger partial charge in [0.2, 0.25) is 0 Å². The predicted octanol–water partition coefficient (Wildman–Crippen LogP) is 4.67. The summed E-state index contributed by atoms with van der Waals surface area (Å²) in [6.07, 6.45) is 9.11. The average Bonchev–Trinajstić information content (AvgIpc) is 2.35. The first-order chi connectivity index (χ1) is 8.17. The number of unbranched alkanes of at least 4 members (excludes halogenated alkanes) is 4. The Morgan fingerprint density at radius 2 is 1.71 bits per heavy atom. The van der Waals surface area contributed by atoms with Gasteiger partial charge in [-0.05, 0) is 12.8 Å². The van der Waals surface area contributed by atoms with Gasteiger partial charge < -0.3 is 0 Å². The molecular formula is C16H26Si. The highest BCUT2D eigenvalue weighted by atomic mass is 28.3. The molecule has 0 N–H and O–H groups in total. The van der Waals surface area contributed by atoms with Crippen molar-refractivity contribution in [1.82, 2.24) is 0 Å². The molecule has 0 atom stereocenters. The summed E-state index contributed by atoms with van der Waals surface area (Å²) >= 11 is 0. The molecule has 0 unspecified atom stereocenters. The van der Waals surface area contributed by atoms with Crippen LogP contribution in [0.4, 0.5) is 0 Å². The summed E-state index contributed by atoms with van der Waals surface area (Å²) in [4.78, 5) is 0. The minimum absolute atomic E-state index is 1.25. The maximum Gasteiger partial charge on any atom is 0.103 e. The highest BCUT2D eigenvalue weighted by molar-refractivity contribution is 6.93. The molecule has 0 amide bonds. The molecule has 0 aliphatic rings.